The predicted octanol–water partition coefficient (Wildman–Crippen LogP) is 5.43. The number of rotatable bonds is 7. The number of hydrogen-bond donors (Lipinski definition) is 1. The molecule has 3 nitrogen and oxygen atoms in total. The minimum Gasteiger partial charge on any atom is -0.444 e. The number of nitrogens with one attached hydrogen (secondary N) is 1. The zero-order valence-electron chi connectivity index (χ0n) is 14.5. The fraction of sp³-hybridized carbons (Fsp3) is 0.944. The predicted molar refractivity (Wildman–Crippen MR) is 88.5 cm³/mol. The Bertz CT molecular complexity index is 288. The molecule has 1 fully saturated rings. The summed E-state index contributed by atoms with van der Waals surface area (Å²) in [4.78, 5) is 11.7. The highest BCUT2D eigenvalue weighted by Gasteiger charge is 2.24. The summed E-state index contributed by atoms with van der Waals surface area (Å²) < 4.78 is 5.32. The van der Waals surface area contributed by atoms with E-state index in [0.717, 1.165) is 18.8 Å². The molecule has 0 saturated heterocycles. The highest BCUT2D eigenvalue weighted by Crippen LogP contribution is 2.28. The maximum Gasteiger partial charge on any atom is 0.407 e. The largest absolute Gasteiger partial charge is 0.444 e. The quantitative estimate of drug-likeness (QED) is 0.636. The van der Waals surface area contributed by atoms with Crippen LogP contribution < -0.4 is 5.32 Å². The van der Waals surface area contributed by atoms with Gasteiger partial charge < -0.3 is 10.1 Å². The molecule has 0 heterocycles. The lowest BCUT2D eigenvalue weighted by atomic mass is 9.83. The Hall–Kier alpha value is -0.730. The van der Waals surface area contributed by atoms with Crippen LogP contribution in [0.15, 0.2) is 0 Å². The van der Waals surface area contributed by atoms with Crippen molar-refractivity contribution in [2.75, 3.05) is 0 Å². The summed E-state index contributed by atoms with van der Waals surface area (Å²) in [6, 6.07) is 0.316. The van der Waals surface area contributed by atoms with Gasteiger partial charge in [-0.05, 0) is 52.4 Å². The fourth-order valence-corrected chi connectivity index (χ4v) is 3.11. The number of carbonyl (C=O) groups is 1. The number of ether oxygens (including phenoxy) is 1. The standard InChI is InChI=1S/C18H35NO2/c1-5-6-7-8-9-10-15-11-13-16(14-12-15)19-17(20)21-18(2,3)4/h15-16H,5-14H2,1-4H3,(H,19,20)/t15-,16+. The molecule has 0 unspecified atom stereocenters. The van der Waals surface area contributed by atoms with Gasteiger partial charge in [0.2, 0.25) is 0 Å². The molecule has 124 valence electrons. The second kappa shape index (κ2) is 9.32. The van der Waals surface area contributed by atoms with Crippen LogP contribution in [0.5, 0.6) is 0 Å². The van der Waals surface area contributed by atoms with E-state index in [1.807, 2.05) is 20.8 Å². The topological polar surface area (TPSA) is 38.3 Å². The van der Waals surface area contributed by atoms with Gasteiger partial charge in [0.15, 0.2) is 0 Å². The average molecular weight is 297 g/mol. The molecule has 0 aromatic rings. The lowest BCUT2D eigenvalue weighted by Crippen LogP contribution is -2.40. The van der Waals surface area contributed by atoms with Gasteiger partial charge in [-0.3, -0.25) is 0 Å². The number of amides is 1. The first-order valence-electron chi connectivity index (χ1n) is 8.90. The molecule has 21 heavy (non-hydrogen) atoms. The lowest BCUT2D eigenvalue weighted by molar-refractivity contribution is 0.0486. The molecular formula is C18H35NO2. The van der Waals surface area contributed by atoms with Crippen molar-refractivity contribution in [2.24, 2.45) is 5.92 Å². The average Bonchev–Trinajstić information content (AvgIpc) is 2.38. The van der Waals surface area contributed by atoms with Gasteiger partial charge in [-0.1, -0.05) is 45.4 Å². The van der Waals surface area contributed by atoms with Crippen molar-refractivity contribution in [1.29, 1.82) is 0 Å². The maximum atomic E-state index is 11.7. The van der Waals surface area contributed by atoms with E-state index in [0.29, 0.717) is 6.04 Å². The third-order valence-electron chi connectivity index (χ3n) is 4.28. The monoisotopic (exact) mass is 297 g/mol. The van der Waals surface area contributed by atoms with E-state index in [4.69, 9.17) is 4.74 Å². The van der Waals surface area contributed by atoms with Crippen LogP contribution in [0.4, 0.5) is 4.79 Å². The van der Waals surface area contributed by atoms with Crippen molar-refractivity contribution in [1.82, 2.24) is 5.32 Å². The number of carbonyl (C=O) groups excluding carboxylic acids is 1. The summed E-state index contributed by atoms with van der Waals surface area (Å²) >= 11 is 0. The zero-order valence-corrected chi connectivity index (χ0v) is 14.5. The Balaban J connectivity index is 2.10. The van der Waals surface area contributed by atoms with Crippen LogP contribution in [-0.2, 0) is 4.74 Å². The van der Waals surface area contributed by atoms with Crippen molar-refractivity contribution < 1.29 is 9.53 Å². The van der Waals surface area contributed by atoms with E-state index in [1.54, 1.807) is 0 Å². The summed E-state index contributed by atoms with van der Waals surface area (Å²) in [6.45, 7) is 7.98. The van der Waals surface area contributed by atoms with Crippen LogP contribution in [0.2, 0.25) is 0 Å². The molecule has 0 atom stereocenters. The van der Waals surface area contributed by atoms with Crippen LogP contribution in [0, 0.1) is 5.92 Å². The lowest BCUT2D eigenvalue weighted by Gasteiger charge is -2.30. The normalized spacial score (nSPS) is 22.9. The molecule has 0 aromatic carbocycles. The summed E-state index contributed by atoms with van der Waals surface area (Å²) in [5.74, 6) is 0.878. The Morgan fingerprint density at radius 3 is 2.24 bits per heavy atom. The Kier molecular flexibility index (Phi) is 8.13. The summed E-state index contributed by atoms with van der Waals surface area (Å²) in [6.07, 6.45) is 12.7. The zero-order chi connectivity index (χ0) is 15.7. The molecule has 1 N–H and O–H groups in total. The van der Waals surface area contributed by atoms with E-state index in [2.05, 4.69) is 12.2 Å². The summed E-state index contributed by atoms with van der Waals surface area (Å²) in [5.41, 5.74) is -0.403. The van der Waals surface area contributed by atoms with Crippen molar-refractivity contribution in [3.05, 3.63) is 0 Å². The Morgan fingerprint density at radius 2 is 1.67 bits per heavy atom. The third-order valence-corrected chi connectivity index (χ3v) is 4.28. The maximum absolute atomic E-state index is 11.7. The van der Waals surface area contributed by atoms with Crippen LogP contribution in [0.1, 0.15) is 91.9 Å². The first kappa shape index (κ1) is 18.3. The molecule has 0 radical (unpaired) electrons. The van der Waals surface area contributed by atoms with Gasteiger partial charge in [0, 0.05) is 6.04 Å². The highest BCUT2D eigenvalue weighted by atomic mass is 16.6. The molecule has 0 aliphatic heterocycles. The van der Waals surface area contributed by atoms with Crippen molar-refractivity contribution >= 4 is 6.09 Å². The van der Waals surface area contributed by atoms with E-state index in [-0.39, 0.29) is 6.09 Å². The van der Waals surface area contributed by atoms with Gasteiger partial charge in [0.25, 0.3) is 0 Å². The molecule has 0 aromatic heterocycles. The van der Waals surface area contributed by atoms with Crippen molar-refractivity contribution in [2.45, 2.75) is 104 Å². The SMILES string of the molecule is CCCCCCC[C@H]1CC[C@@H](NC(=O)OC(C)(C)C)CC1. The minimum absolute atomic E-state index is 0.259. The number of hydrogen-bond acceptors (Lipinski definition) is 2. The fourth-order valence-electron chi connectivity index (χ4n) is 3.11. The molecule has 1 saturated carbocycles. The van der Waals surface area contributed by atoms with Gasteiger partial charge >= 0.3 is 6.09 Å². The first-order chi connectivity index (χ1) is 9.90. The number of alkyl carbamates (subject to hydrolysis) is 1. The van der Waals surface area contributed by atoms with Crippen LogP contribution in [0.3, 0.4) is 0 Å². The smallest absolute Gasteiger partial charge is 0.407 e. The van der Waals surface area contributed by atoms with Gasteiger partial charge in [-0.2, -0.15) is 0 Å². The summed E-state index contributed by atoms with van der Waals surface area (Å²) in [5, 5.41) is 3.02. The van der Waals surface area contributed by atoms with Crippen LogP contribution in [0.25, 0.3) is 0 Å². The second-order valence-electron chi connectivity index (χ2n) is 7.57. The first-order valence-corrected chi connectivity index (χ1v) is 8.90. The minimum atomic E-state index is -0.403. The molecule has 1 aliphatic carbocycles. The Morgan fingerprint density at radius 1 is 1.05 bits per heavy atom. The third kappa shape index (κ3) is 9.00. The molecule has 0 spiro atoms. The van der Waals surface area contributed by atoms with Crippen LogP contribution >= 0.6 is 0 Å². The van der Waals surface area contributed by atoms with Gasteiger partial charge in [0.1, 0.15) is 5.60 Å². The molecule has 1 aliphatic rings. The van der Waals surface area contributed by atoms with E-state index in [9.17, 15) is 4.79 Å². The van der Waals surface area contributed by atoms with Gasteiger partial charge in [-0.25, -0.2) is 4.79 Å². The van der Waals surface area contributed by atoms with Crippen molar-refractivity contribution in [3.8, 4) is 0 Å². The molecular weight excluding hydrogens is 262 g/mol. The van der Waals surface area contributed by atoms with E-state index < -0.39 is 5.60 Å². The van der Waals surface area contributed by atoms with Gasteiger partial charge in [-0.15, -0.1) is 0 Å². The molecule has 1 amide bonds. The molecule has 0 bridgehead atoms. The van der Waals surface area contributed by atoms with Crippen LogP contribution in [-0.4, -0.2) is 17.7 Å². The van der Waals surface area contributed by atoms with Crippen molar-refractivity contribution in [3.63, 3.8) is 0 Å². The Labute approximate surface area is 131 Å². The van der Waals surface area contributed by atoms with E-state index in [1.165, 1.54) is 51.4 Å². The highest BCUT2D eigenvalue weighted by molar-refractivity contribution is 5.68. The number of unbranched alkanes of at least 4 members (excludes halogenated alkanes) is 4. The molecule has 1 rings (SSSR count). The second-order valence-corrected chi connectivity index (χ2v) is 7.57. The summed E-state index contributed by atoms with van der Waals surface area (Å²) in [7, 11) is 0. The van der Waals surface area contributed by atoms with Gasteiger partial charge in [0.05, 0.1) is 0 Å². The molecule has 3 heteroatoms. The van der Waals surface area contributed by atoms with E-state index >= 15 is 0 Å².